The van der Waals surface area contributed by atoms with Crippen LogP contribution in [0.3, 0.4) is 0 Å². The van der Waals surface area contributed by atoms with Gasteiger partial charge in [0.05, 0.1) is 11.3 Å². The van der Waals surface area contributed by atoms with Crippen LogP contribution in [0, 0.1) is 6.92 Å². The first-order chi connectivity index (χ1) is 5.57. The van der Waals surface area contributed by atoms with Crippen molar-refractivity contribution in [1.29, 1.82) is 0 Å². The van der Waals surface area contributed by atoms with E-state index >= 15 is 0 Å². The van der Waals surface area contributed by atoms with Crippen LogP contribution in [-0.4, -0.2) is 15.6 Å². The van der Waals surface area contributed by atoms with Gasteiger partial charge in [0.15, 0.2) is 5.78 Å². The zero-order valence-corrected chi connectivity index (χ0v) is 7.72. The van der Waals surface area contributed by atoms with Crippen molar-refractivity contribution in [3.05, 3.63) is 29.1 Å². The number of aryl methyl sites for hydroxylation is 2. The van der Waals surface area contributed by atoms with Gasteiger partial charge in [0.1, 0.15) is 5.15 Å². The van der Waals surface area contributed by atoms with Gasteiger partial charge in [0, 0.05) is 7.05 Å². The van der Waals surface area contributed by atoms with E-state index in [1.807, 2.05) is 0 Å². The minimum atomic E-state index is -0.189. The van der Waals surface area contributed by atoms with Gasteiger partial charge in [-0.05, 0) is 13.0 Å². The van der Waals surface area contributed by atoms with E-state index in [9.17, 15) is 4.79 Å². The molecule has 64 valence electrons. The highest BCUT2D eigenvalue weighted by molar-refractivity contribution is 6.33. The Labute approximate surface area is 75.6 Å². The van der Waals surface area contributed by atoms with Crippen molar-refractivity contribution >= 4 is 17.4 Å². The molecule has 0 amide bonds. The Bertz CT molecular complexity index is 341. The summed E-state index contributed by atoms with van der Waals surface area (Å²) in [7, 11) is 1.69. The Hall–Kier alpha value is -1.09. The lowest BCUT2D eigenvalue weighted by Crippen LogP contribution is -1.95. The Morgan fingerprint density at radius 1 is 1.75 bits per heavy atom. The number of hydrogen-bond donors (Lipinski definition) is 0. The molecule has 1 aromatic heterocycles. The third-order valence-corrected chi connectivity index (χ3v) is 2.02. The van der Waals surface area contributed by atoms with Crippen LogP contribution in [0.4, 0.5) is 0 Å². The van der Waals surface area contributed by atoms with Gasteiger partial charge < -0.3 is 0 Å². The molecule has 0 bridgehead atoms. The molecule has 1 rings (SSSR count). The molecular formula is C8H9ClN2O. The fraction of sp³-hybridized carbons (Fsp3) is 0.250. The van der Waals surface area contributed by atoms with Gasteiger partial charge in [-0.3, -0.25) is 9.48 Å². The monoisotopic (exact) mass is 184 g/mol. The number of hydrogen-bond acceptors (Lipinski definition) is 2. The second kappa shape index (κ2) is 3.11. The molecule has 0 fully saturated rings. The fourth-order valence-electron chi connectivity index (χ4n) is 1.01. The third-order valence-electron chi connectivity index (χ3n) is 1.58. The van der Waals surface area contributed by atoms with E-state index in [0.717, 1.165) is 0 Å². The minimum Gasteiger partial charge on any atom is -0.289 e. The quantitative estimate of drug-likeness (QED) is 0.519. The zero-order chi connectivity index (χ0) is 9.30. The zero-order valence-electron chi connectivity index (χ0n) is 6.97. The number of allylic oxidation sites excluding steroid dienone is 1. The topological polar surface area (TPSA) is 34.9 Å². The highest BCUT2D eigenvalue weighted by Crippen LogP contribution is 2.18. The number of ketones is 1. The summed E-state index contributed by atoms with van der Waals surface area (Å²) in [6.45, 7) is 5.12. The second-order valence-electron chi connectivity index (χ2n) is 2.44. The van der Waals surface area contributed by atoms with Gasteiger partial charge in [-0.1, -0.05) is 18.2 Å². The van der Waals surface area contributed by atoms with Crippen molar-refractivity contribution in [2.45, 2.75) is 6.92 Å². The normalized spacial score (nSPS) is 9.92. The van der Waals surface area contributed by atoms with Crippen molar-refractivity contribution in [2.24, 2.45) is 7.05 Å². The number of halogens is 1. The van der Waals surface area contributed by atoms with Crippen LogP contribution in [0.1, 0.15) is 16.1 Å². The van der Waals surface area contributed by atoms with Gasteiger partial charge in [-0.15, -0.1) is 0 Å². The van der Waals surface area contributed by atoms with Gasteiger partial charge in [-0.25, -0.2) is 0 Å². The van der Waals surface area contributed by atoms with E-state index < -0.39 is 0 Å². The highest BCUT2D eigenvalue weighted by Gasteiger charge is 2.15. The number of nitrogens with zero attached hydrogens (tertiary/aromatic N) is 2. The molecule has 0 aliphatic carbocycles. The summed E-state index contributed by atoms with van der Waals surface area (Å²) in [5.74, 6) is -0.189. The van der Waals surface area contributed by atoms with Crippen molar-refractivity contribution < 1.29 is 4.79 Å². The second-order valence-corrected chi connectivity index (χ2v) is 2.80. The van der Waals surface area contributed by atoms with Gasteiger partial charge >= 0.3 is 0 Å². The van der Waals surface area contributed by atoms with Crippen molar-refractivity contribution in [3.8, 4) is 0 Å². The molecule has 0 unspecified atom stereocenters. The van der Waals surface area contributed by atoms with Crippen molar-refractivity contribution in [3.63, 3.8) is 0 Å². The average Bonchev–Trinajstić information content (AvgIpc) is 2.26. The van der Waals surface area contributed by atoms with E-state index in [1.54, 1.807) is 14.0 Å². The lowest BCUT2D eigenvalue weighted by Gasteiger charge is -1.92. The van der Waals surface area contributed by atoms with E-state index in [1.165, 1.54) is 10.8 Å². The van der Waals surface area contributed by atoms with Gasteiger partial charge in [0.25, 0.3) is 0 Å². The number of carbonyl (C=O) groups excluding carboxylic acids is 1. The molecule has 0 aliphatic heterocycles. The van der Waals surface area contributed by atoms with Crippen LogP contribution in [-0.2, 0) is 7.05 Å². The summed E-state index contributed by atoms with van der Waals surface area (Å²) in [5.41, 5.74) is 1.07. The first-order valence-electron chi connectivity index (χ1n) is 3.43. The molecule has 1 heterocycles. The van der Waals surface area contributed by atoms with Crippen LogP contribution in [0.15, 0.2) is 12.7 Å². The number of rotatable bonds is 2. The summed E-state index contributed by atoms with van der Waals surface area (Å²) in [6.07, 6.45) is 1.23. The molecule has 0 atom stereocenters. The van der Waals surface area contributed by atoms with Crippen LogP contribution >= 0.6 is 11.6 Å². The molecule has 0 saturated carbocycles. The van der Waals surface area contributed by atoms with Gasteiger partial charge in [0.2, 0.25) is 0 Å². The molecule has 0 N–H and O–H groups in total. The maximum atomic E-state index is 11.2. The smallest absolute Gasteiger partial charge is 0.190 e. The van der Waals surface area contributed by atoms with Crippen molar-refractivity contribution in [1.82, 2.24) is 9.78 Å². The van der Waals surface area contributed by atoms with E-state index in [2.05, 4.69) is 11.7 Å². The SMILES string of the molecule is C=CC(=O)c1c(C)nn(C)c1Cl. The molecule has 0 aliphatic rings. The molecule has 0 radical (unpaired) electrons. The molecular weight excluding hydrogens is 176 g/mol. The Morgan fingerprint density at radius 2 is 2.33 bits per heavy atom. The summed E-state index contributed by atoms with van der Waals surface area (Å²) in [4.78, 5) is 11.2. The molecule has 0 spiro atoms. The van der Waals surface area contributed by atoms with E-state index in [-0.39, 0.29) is 5.78 Å². The molecule has 1 aromatic rings. The van der Waals surface area contributed by atoms with Gasteiger partial charge in [-0.2, -0.15) is 5.10 Å². The highest BCUT2D eigenvalue weighted by atomic mass is 35.5. The van der Waals surface area contributed by atoms with Crippen LogP contribution in [0.2, 0.25) is 5.15 Å². The van der Waals surface area contributed by atoms with Crippen molar-refractivity contribution in [2.75, 3.05) is 0 Å². The first kappa shape index (κ1) is 9.00. The minimum absolute atomic E-state index is 0.189. The summed E-state index contributed by atoms with van der Waals surface area (Å²) < 4.78 is 1.47. The molecule has 3 nitrogen and oxygen atoms in total. The fourth-order valence-corrected chi connectivity index (χ4v) is 1.28. The van der Waals surface area contributed by atoms with E-state index in [4.69, 9.17) is 11.6 Å². The Morgan fingerprint density at radius 3 is 2.67 bits per heavy atom. The lowest BCUT2D eigenvalue weighted by molar-refractivity contribution is 0.104. The first-order valence-corrected chi connectivity index (χ1v) is 3.81. The maximum absolute atomic E-state index is 11.2. The molecule has 0 saturated heterocycles. The largest absolute Gasteiger partial charge is 0.289 e. The van der Waals surface area contributed by atoms with Crippen LogP contribution in [0.5, 0.6) is 0 Å². The predicted molar refractivity (Wildman–Crippen MR) is 47.5 cm³/mol. The predicted octanol–water partition coefficient (Wildman–Crippen LogP) is 1.75. The number of carbonyl (C=O) groups is 1. The van der Waals surface area contributed by atoms with Crippen LogP contribution in [0.25, 0.3) is 0 Å². The molecule has 0 aromatic carbocycles. The summed E-state index contributed by atoms with van der Waals surface area (Å²) in [6, 6.07) is 0. The van der Waals surface area contributed by atoms with Crippen LogP contribution < -0.4 is 0 Å². The summed E-state index contributed by atoms with van der Waals surface area (Å²) >= 11 is 5.82. The average molecular weight is 185 g/mol. The van der Waals surface area contributed by atoms with E-state index in [0.29, 0.717) is 16.4 Å². The number of aromatic nitrogens is 2. The standard InChI is InChI=1S/C8H9ClN2O/c1-4-6(12)7-5(2)10-11(3)8(7)9/h4H,1H2,2-3H3. The Kier molecular flexibility index (Phi) is 2.33. The summed E-state index contributed by atoms with van der Waals surface area (Å²) in [5, 5.41) is 4.35. The molecule has 12 heavy (non-hydrogen) atoms. The lowest BCUT2D eigenvalue weighted by atomic mass is 10.2. The molecule has 4 heteroatoms. The Balaban J connectivity index is 3.31. The third kappa shape index (κ3) is 1.28. The maximum Gasteiger partial charge on any atom is 0.190 e.